The molecular weight excluding hydrogens is 354 g/mol. The van der Waals surface area contributed by atoms with Gasteiger partial charge in [0.1, 0.15) is 22.7 Å². The lowest BCUT2D eigenvalue weighted by Crippen LogP contribution is -2.60. The fraction of sp³-hybridized carbons (Fsp3) is 0.368. The van der Waals surface area contributed by atoms with E-state index in [9.17, 15) is 13.5 Å². The van der Waals surface area contributed by atoms with Crippen molar-refractivity contribution in [2.45, 2.75) is 47.8 Å². The average Bonchev–Trinajstić information content (AvgIpc) is 2.60. The van der Waals surface area contributed by atoms with Gasteiger partial charge >= 0.3 is 0 Å². The van der Waals surface area contributed by atoms with Crippen molar-refractivity contribution in [2.75, 3.05) is 7.11 Å². The second-order valence-electron chi connectivity index (χ2n) is 7.12. The first-order chi connectivity index (χ1) is 12.0. The first-order valence-electron chi connectivity index (χ1n) is 8.21. The Bertz CT molecular complexity index is 950. The molecule has 1 heterocycles. The van der Waals surface area contributed by atoms with Gasteiger partial charge in [-0.05, 0) is 57.2 Å². The standard InChI is InChI=1S/C19H23NO5S/c1-18(2)19(3,21)17(20)15-11-14(8-9-16(15)25-18)26(22,23)13-7-5-6-12(10-13)24-4/h5-11,17,21H,20H2,1-4H3/t17-,19+/m1/s1. The van der Waals surface area contributed by atoms with Gasteiger partial charge in [0.15, 0.2) is 0 Å². The van der Waals surface area contributed by atoms with Gasteiger partial charge in [-0.15, -0.1) is 0 Å². The minimum atomic E-state index is -3.77. The fourth-order valence-corrected chi connectivity index (χ4v) is 4.32. The maximum atomic E-state index is 13.0. The predicted molar refractivity (Wildman–Crippen MR) is 97.1 cm³/mol. The Labute approximate surface area is 153 Å². The van der Waals surface area contributed by atoms with Crippen LogP contribution in [0.1, 0.15) is 32.4 Å². The Balaban J connectivity index is 2.11. The van der Waals surface area contributed by atoms with E-state index < -0.39 is 27.1 Å². The van der Waals surface area contributed by atoms with Gasteiger partial charge in [-0.1, -0.05) is 6.07 Å². The Hall–Kier alpha value is -2.09. The van der Waals surface area contributed by atoms with E-state index in [0.717, 1.165) is 0 Å². The molecule has 0 unspecified atom stereocenters. The Morgan fingerprint density at radius 3 is 2.42 bits per heavy atom. The topological polar surface area (TPSA) is 98.9 Å². The minimum absolute atomic E-state index is 0.0825. The number of hydrogen-bond acceptors (Lipinski definition) is 6. The Morgan fingerprint density at radius 2 is 1.77 bits per heavy atom. The summed E-state index contributed by atoms with van der Waals surface area (Å²) < 4.78 is 36.9. The van der Waals surface area contributed by atoms with Crippen molar-refractivity contribution in [3.05, 3.63) is 48.0 Å². The third-order valence-electron chi connectivity index (χ3n) is 5.17. The molecule has 0 fully saturated rings. The van der Waals surface area contributed by atoms with Gasteiger partial charge in [-0.25, -0.2) is 8.42 Å². The van der Waals surface area contributed by atoms with Crippen LogP contribution in [-0.2, 0) is 9.84 Å². The number of hydrogen-bond donors (Lipinski definition) is 2. The van der Waals surface area contributed by atoms with Crippen LogP contribution in [0.4, 0.5) is 0 Å². The predicted octanol–water partition coefficient (Wildman–Crippen LogP) is 2.45. The molecule has 6 nitrogen and oxygen atoms in total. The van der Waals surface area contributed by atoms with Gasteiger partial charge in [0.05, 0.1) is 22.9 Å². The monoisotopic (exact) mass is 377 g/mol. The van der Waals surface area contributed by atoms with Crippen molar-refractivity contribution in [3.8, 4) is 11.5 Å². The molecule has 0 amide bonds. The SMILES string of the molecule is COc1cccc(S(=O)(=O)c2ccc3c(c2)[C@@H](N)[C@](C)(O)C(C)(C)O3)c1. The van der Waals surface area contributed by atoms with Crippen LogP contribution < -0.4 is 15.2 Å². The van der Waals surface area contributed by atoms with E-state index in [1.54, 1.807) is 39.0 Å². The number of sulfone groups is 1. The zero-order valence-electron chi connectivity index (χ0n) is 15.2. The lowest BCUT2D eigenvalue weighted by Gasteiger charge is -2.48. The molecule has 0 saturated heterocycles. The second-order valence-corrected chi connectivity index (χ2v) is 9.07. The summed E-state index contributed by atoms with van der Waals surface area (Å²) in [7, 11) is -2.29. The number of methoxy groups -OCH3 is 1. The van der Waals surface area contributed by atoms with Crippen molar-refractivity contribution >= 4 is 9.84 Å². The lowest BCUT2D eigenvalue weighted by molar-refractivity contribution is -0.132. The van der Waals surface area contributed by atoms with Gasteiger partial charge in [-0.3, -0.25) is 0 Å². The Kier molecular flexibility index (Phi) is 4.29. The quantitative estimate of drug-likeness (QED) is 0.852. The molecule has 0 spiro atoms. The number of fused-ring (bicyclic) bond motifs is 1. The van der Waals surface area contributed by atoms with Crippen LogP contribution in [0.15, 0.2) is 52.3 Å². The smallest absolute Gasteiger partial charge is 0.206 e. The average molecular weight is 377 g/mol. The van der Waals surface area contributed by atoms with Crippen molar-refractivity contribution in [3.63, 3.8) is 0 Å². The number of aliphatic hydroxyl groups is 1. The van der Waals surface area contributed by atoms with E-state index in [2.05, 4.69) is 0 Å². The highest BCUT2D eigenvalue weighted by molar-refractivity contribution is 7.91. The molecule has 2 atom stereocenters. The van der Waals surface area contributed by atoms with Crippen LogP contribution in [-0.4, -0.2) is 31.8 Å². The molecule has 7 heteroatoms. The molecule has 140 valence electrons. The minimum Gasteiger partial charge on any atom is -0.497 e. The molecule has 26 heavy (non-hydrogen) atoms. The fourth-order valence-electron chi connectivity index (χ4n) is 2.99. The van der Waals surface area contributed by atoms with Gasteiger partial charge in [0.2, 0.25) is 9.84 Å². The third kappa shape index (κ3) is 2.76. The highest BCUT2D eigenvalue weighted by Crippen LogP contribution is 2.45. The van der Waals surface area contributed by atoms with Crippen LogP contribution in [0.5, 0.6) is 11.5 Å². The molecule has 2 aromatic rings. The zero-order chi connectivity index (χ0) is 19.3. The summed E-state index contributed by atoms with van der Waals surface area (Å²) in [5.74, 6) is 0.923. The second kappa shape index (κ2) is 5.97. The van der Waals surface area contributed by atoms with Crippen LogP contribution in [0, 0.1) is 0 Å². The largest absolute Gasteiger partial charge is 0.497 e. The maximum absolute atomic E-state index is 13.0. The summed E-state index contributed by atoms with van der Waals surface area (Å²) in [6, 6.07) is 10.0. The number of rotatable bonds is 3. The summed E-state index contributed by atoms with van der Waals surface area (Å²) in [6.45, 7) is 5.08. The lowest BCUT2D eigenvalue weighted by atomic mass is 9.76. The molecule has 3 N–H and O–H groups in total. The van der Waals surface area contributed by atoms with E-state index in [0.29, 0.717) is 17.1 Å². The molecule has 0 aromatic heterocycles. The molecular formula is C19H23NO5S. The summed E-state index contributed by atoms with van der Waals surface area (Å²) >= 11 is 0. The van der Waals surface area contributed by atoms with Gasteiger partial charge < -0.3 is 20.3 Å². The number of benzene rings is 2. The zero-order valence-corrected chi connectivity index (χ0v) is 16.0. The van der Waals surface area contributed by atoms with E-state index in [4.69, 9.17) is 15.2 Å². The summed E-state index contributed by atoms with van der Waals surface area (Å²) in [5.41, 5.74) is 4.44. The van der Waals surface area contributed by atoms with Crippen molar-refractivity contribution in [1.29, 1.82) is 0 Å². The molecule has 1 aliphatic heterocycles. The van der Waals surface area contributed by atoms with Crippen molar-refractivity contribution in [1.82, 2.24) is 0 Å². The normalized spacial score (nSPS) is 24.5. The van der Waals surface area contributed by atoms with Crippen LogP contribution in [0.2, 0.25) is 0 Å². The van der Waals surface area contributed by atoms with E-state index >= 15 is 0 Å². The summed E-state index contributed by atoms with van der Waals surface area (Å²) in [4.78, 5) is 0.202. The van der Waals surface area contributed by atoms with E-state index in [1.807, 2.05) is 0 Å². The molecule has 0 radical (unpaired) electrons. The first kappa shape index (κ1) is 18.7. The summed E-state index contributed by atoms with van der Waals surface area (Å²) in [6.07, 6.45) is 0. The van der Waals surface area contributed by atoms with E-state index in [-0.39, 0.29) is 9.79 Å². The first-order valence-corrected chi connectivity index (χ1v) is 9.69. The van der Waals surface area contributed by atoms with Gasteiger partial charge in [-0.2, -0.15) is 0 Å². The molecule has 2 aromatic carbocycles. The highest BCUT2D eigenvalue weighted by atomic mass is 32.2. The highest BCUT2D eigenvalue weighted by Gasteiger charge is 2.51. The molecule has 0 aliphatic carbocycles. The van der Waals surface area contributed by atoms with Crippen molar-refractivity contribution < 1.29 is 23.0 Å². The molecule has 3 rings (SSSR count). The maximum Gasteiger partial charge on any atom is 0.206 e. The Morgan fingerprint density at radius 1 is 1.12 bits per heavy atom. The molecule has 0 saturated carbocycles. The number of nitrogens with two attached hydrogens (primary N) is 1. The van der Waals surface area contributed by atoms with Crippen LogP contribution in [0.25, 0.3) is 0 Å². The number of ether oxygens (including phenoxy) is 2. The van der Waals surface area contributed by atoms with Crippen LogP contribution >= 0.6 is 0 Å². The van der Waals surface area contributed by atoms with E-state index in [1.165, 1.54) is 31.4 Å². The van der Waals surface area contributed by atoms with Gasteiger partial charge in [0.25, 0.3) is 0 Å². The van der Waals surface area contributed by atoms with Crippen molar-refractivity contribution in [2.24, 2.45) is 5.73 Å². The van der Waals surface area contributed by atoms with Gasteiger partial charge in [0, 0.05) is 5.56 Å². The molecule has 0 bridgehead atoms. The third-order valence-corrected chi connectivity index (χ3v) is 6.92. The summed E-state index contributed by atoms with van der Waals surface area (Å²) in [5, 5.41) is 10.8. The van der Waals surface area contributed by atoms with Crippen LogP contribution in [0.3, 0.4) is 0 Å². The molecule has 1 aliphatic rings.